The summed E-state index contributed by atoms with van der Waals surface area (Å²) in [5.41, 5.74) is 11.7. The smallest absolute Gasteiger partial charge is 0.234 e. The maximum atomic E-state index is 6.05. The molecular formula is C23H24BN3O. The summed E-state index contributed by atoms with van der Waals surface area (Å²) in [7, 11) is 6.05. The predicted octanol–water partition coefficient (Wildman–Crippen LogP) is 4.16. The fraction of sp³-hybridized carbons (Fsp3) is 0.174. The van der Waals surface area contributed by atoms with Crippen molar-refractivity contribution in [2.45, 2.75) is 13.3 Å². The number of para-hydroxylation sites is 1. The van der Waals surface area contributed by atoms with Gasteiger partial charge in [0.1, 0.15) is 12.4 Å². The van der Waals surface area contributed by atoms with Crippen LogP contribution in [0.15, 0.2) is 83.7 Å². The van der Waals surface area contributed by atoms with Gasteiger partial charge in [-0.2, -0.15) is 0 Å². The Kier molecular flexibility index (Phi) is 6.51. The Morgan fingerprint density at radius 3 is 2.79 bits per heavy atom. The zero-order valence-corrected chi connectivity index (χ0v) is 16.1. The number of benzene rings is 1. The molecular weight excluding hydrogens is 345 g/mol. The molecule has 5 heteroatoms. The van der Waals surface area contributed by atoms with Gasteiger partial charge in [-0.1, -0.05) is 30.9 Å². The lowest BCUT2D eigenvalue weighted by Gasteiger charge is -2.11. The molecule has 2 aromatic rings. The van der Waals surface area contributed by atoms with Crippen molar-refractivity contribution in [3.63, 3.8) is 0 Å². The van der Waals surface area contributed by atoms with Crippen molar-refractivity contribution in [3.05, 3.63) is 89.9 Å². The number of nitrogens with zero attached hydrogens (tertiary/aromatic N) is 2. The summed E-state index contributed by atoms with van der Waals surface area (Å²) >= 11 is 0. The molecule has 0 saturated heterocycles. The minimum Gasteiger partial charge on any atom is -0.489 e. The number of ether oxygens (including phenoxy) is 1. The molecule has 0 unspecified atom stereocenters. The van der Waals surface area contributed by atoms with E-state index in [0.29, 0.717) is 19.6 Å². The summed E-state index contributed by atoms with van der Waals surface area (Å²) in [6.07, 6.45) is 10.3. The molecule has 1 aromatic carbocycles. The van der Waals surface area contributed by atoms with Crippen molar-refractivity contribution in [1.29, 1.82) is 0 Å². The number of rotatable bonds is 8. The van der Waals surface area contributed by atoms with Gasteiger partial charge in [0.05, 0.1) is 11.4 Å². The molecule has 0 fully saturated rings. The lowest BCUT2D eigenvalue weighted by Crippen LogP contribution is -2.05. The third-order valence-corrected chi connectivity index (χ3v) is 4.46. The summed E-state index contributed by atoms with van der Waals surface area (Å²) in [4.78, 5) is 4.83. The highest BCUT2D eigenvalue weighted by Crippen LogP contribution is 2.31. The van der Waals surface area contributed by atoms with Gasteiger partial charge in [0.2, 0.25) is 7.98 Å². The highest BCUT2D eigenvalue weighted by atomic mass is 16.5. The molecule has 140 valence electrons. The van der Waals surface area contributed by atoms with Crippen LogP contribution in [-0.4, -0.2) is 31.3 Å². The van der Waals surface area contributed by atoms with E-state index in [1.165, 1.54) is 0 Å². The van der Waals surface area contributed by atoms with E-state index in [4.69, 9.17) is 23.4 Å². The number of aliphatic imine (C=N–C) groups is 1. The molecule has 0 amide bonds. The number of aromatic nitrogens is 1. The van der Waals surface area contributed by atoms with Crippen molar-refractivity contribution in [2.24, 2.45) is 10.7 Å². The van der Waals surface area contributed by atoms with Gasteiger partial charge < -0.3 is 14.9 Å². The first-order valence-electron chi connectivity index (χ1n) is 9.28. The van der Waals surface area contributed by atoms with E-state index < -0.39 is 0 Å². The Balaban J connectivity index is 1.92. The van der Waals surface area contributed by atoms with E-state index >= 15 is 0 Å². The third-order valence-electron chi connectivity index (χ3n) is 4.46. The van der Waals surface area contributed by atoms with E-state index in [0.717, 1.165) is 39.6 Å². The third kappa shape index (κ3) is 4.43. The molecule has 2 N–H and O–H groups in total. The summed E-state index contributed by atoms with van der Waals surface area (Å²) < 4.78 is 7.32. The van der Waals surface area contributed by atoms with Gasteiger partial charge in [-0.25, -0.2) is 4.99 Å². The van der Waals surface area contributed by atoms with Crippen LogP contribution in [0.25, 0.3) is 11.6 Å². The SMILES string of the molecule is [B]n1cccc1/C(CCN)=C1N=C(/C=C/c2ccccc2OCC=C)C=C\1C. The molecule has 1 aliphatic heterocycles. The standard InChI is InChI=1S/C23H24BN3O/c1-3-15-28-22-9-5-4-7-18(22)10-11-19-16-17(2)23(26-19)20(12-13-25)21-8-6-14-27(21)24/h3-11,14,16H,1,12-13,15,25H2,2H3/b11-10+,23-20-. The molecule has 28 heavy (non-hydrogen) atoms. The molecule has 0 aliphatic carbocycles. The molecule has 1 aliphatic rings. The maximum Gasteiger partial charge on any atom is 0.234 e. The molecule has 2 heterocycles. The molecule has 0 atom stereocenters. The van der Waals surface area contributed by atoms with Crippen LogP contribution < -0.4 is 10.5 Å². The van der Waals surface area contributed by atoms with Gasteiger partial charge in [-0.05, 0) is 68.1 Å². The highest BCUT2D eigenvalue weighted by Gasteiger charge is 2.17. The van der Waals surface area contributed by atoms with E-state index in [2.05, 4.69) is 19.6 Å². The topological polar surface area (TPSA) is 52.5 Å². The van der Waals surface area contributed by atoms with Crippen molar-refractivity contribution >= 4 is 25.3 Å². The minimum absolute atomic E-state index is 0.471. The minimum atomic E-state index is 0.471. The van der Waals surface area contributed by atoms with E-state index in [1.54, 1.807) is 10.6 Å². The fourth-order valence-corrected chi connectivity index (χ4v) is 3.17. The second-order valence-corrected chi connectivity index (χ2v) is 6.50. The average Bonchev–Trinajstić information content (AvgIpc) is 3.29. The summed E-state index contributed by atoms with van der Waals surface area (Å²) in [6, 6.07) is 11.8. The largest absolute Gasteiger partial charge is 0.489 e. The van der Waals surface area contributed by atoms with E-state index in [-0.39, 0.29) is 0 Å². The lowest BCUT2D eigenvalue weighted by molar-refractivity contribution is 0.362. The molecule has 1 aromatic heterocycles. The number of allylic oxidation sites excluding steroid dienone is 3. The zero-order valence-electron chi connectivity index (χ0n) is 16.1. The first kappa shape index (κ1) is 19.7. The monoisotopic (exact) mass is 369 g/mol. The molecule has 0 saturated carbocycles. The van der Waals surface area contributed by atoms with E-state index in [9.17, 15) is 0 Å². The highest BCUT2D eigenvalue weighted by molar-refractivity contribution is 6.11. The van der Waals surface area contributed by atoms with Gasteiger partial charge in [0, 0.05) is 16.8 Å². The second kappa shape index (κ2) is 9.24. The Morgan fingerprint density at radius 1 is 1.25 bits per heavy atom. The molecule has 2 radical (unpaired) electrons. The van der Waals surface area contributed by atoms with Crippen LogP contribution in [0.5, 0.6) is 5.75 Å². The Bertz CT molecular complexity index is 979. The number of hydrogen-bond acceptors (Lipinski definition) is 3. The molecule has 4 nitrogen and oxygen atoms in total. The number of nitrogens with two attached hydrogens (primary N) is 1. The number of hydrogen-bond donors (Lipinski definition) is 1. The summed E-state index contributed by atoms with van der Waals surface area (Å²) in [6.45, 7) is 6.76. The van der Waals surface area contributed by atoms with Crippen molar-refractivity contribution in [1.82, 2.24) is 4.48 Å². The van der Waals surface area contributed by atoms with Gasteiger partial charge in [0.25, 0.3) is 0 Å². The Hall–Kier alpha value is -3.05. The zero-order chi connectivity index (χ0) is 19.9. The molecule has 0 spiro atoms. The summed E-state index contributed by atoms with van der Waals surface area (Å²) in [5.74, 6) is 0.818. The van der Waals surface area contributed by atoms with E-state index in [1.807, 2.05) is 54.7 Å². The van der Waals surface area contributed by atoms with Gasteiger partial charge in [-0.15, -0.1) is 0 Å². The molecule has 3 rings (SSSR count). The van der Waals surface area contributed by atoms with Gasteiger partial charge in [-0.3, -0.25) is 0 Å². The predicted molar refractivity (Wildman–Crippen MR) is 119 cm³/mol. The molecule has 0 bridgehead atoms. The average molecular weight is 369 g/mol. The van der Waals surface area contributed by atoms with Gasteiger partial charge in [0.15, 0.2) is 0 Å². The van der Waals surface area contributed by atoms with Crippen LogP contribution in [0.3, 0.4) is 0 Å². The Labute approximate surface area is 167 Å². The second-order valence-electron chi connectivity index (χ2n) is 6.50. The van der Waals surface area contributed by atoms with Crippen LogP contribution >= 0.6 is 0 Å². The van der Waals surface area contributed by atoms with Crippen LogP contribution in [0.1, 0.15) is 24.6 Å². The van der Waals surface area contributed by atoms with Crippen LogP contribution in [0, 0.1) is 0 Å². The van der Waals surface area contributed by atoms with Gasteiger partial charge >= 0.3 is 0 Å². The summed E-state index contributed by atoms with van der Waals surface area (Å²) in [5, 5.41) is 0. The maximum absolute atomic E-state index is 6.05. The van der Waals surface area contributed by atoms with Crippen LogP contribution in [0.2, 0.25) is 0 Å². The first-order chi connectivity index (χ1) is 13.6. The van der Waals surface area contributed by atoms with Crippen molar-refractivity contribution in [3.8, 4) is 5.75 Å². The fourth-order valence-electron chi connectivity index (χ4n) is 3.17. The van der Waals surface area contributed by atoms with Crippen molar-refractivity contribution < 1.29 is 4.74 Å². The normalized spacial score (nSPS) is 15.5. The Morgan fingerprint density at radius 2 is 2.07 bits per heavy atom. The van der Waals surface area contributed by atoms with Crippen LogP contribution in [0.4, 0.5) is 0 Å². The van der Waals surface area contributed by atoms with Crippen molar-refractivity contribution in [2.75, 3.05) is 13.2 Å². The van der Waals surface area contributed by atoms with Crippen LogP contribution in [-0.2, 0) is 0 Å². The quantitative estimate of drug-likeness (QED) is 0.561. The lowest BCUT2D eigenvalue weighted by atomic mass is 10.0. The first-order valence-corrected chi connectivity index (χ1v) is 9.28.